The van der Waals surface area contributed by atoms with Crippen LogP contribution in [0.4, 0.5) is 11.4 Å². The van der Waals surface area contributed by atoms with Crippen LogP contribution in [0, 0.1) is 17.0 Å². The lowest BCUT2D eigenvalue weighted by atomic mass is 10.0. The summed E-state index contributed by atoms with van der Waals surface area (Å²) in [4.78, 5) is 10.7. The topological polar surface area (TPSA) is 73.0 Å². The van der Waals surface area contributed by atoms with E-state index in [1.165, 1.54) is 6.07 Å². The maximum atomic E-state index is 11.0. The van der Waals surface area contributed by atoms with Gasteiger partial charge in [-0.05, 0) is 19.1 Å². The maximum Gasteiger partial charge on any atom is 0.269 e. The number of hydrogen-bond acceptors (Lipinski definition) is 4. The van der Waals surface area contributed by atoms with Crippen molar-refractivity contribution in [3.63, 3.8) is 0 Å². The number of rotatable bonds is 2. The maximum absolute atomic E-state index is 11.0. The summed E-state index contributed by atoms with van der Waals surface area (Å²) in [6, 6.07) is 16.7. The summed E-state index contributed by atoms with van der Waals surface area (Å²) in [7, 11) is 0. The molecule has 1 aromatic heterocycles. The molecule has 6 nitrogen and oxygen atoms in total. The summed E-state index contributed by atoms with van der Waals surface area (Å²) in [5, 5.41) is 19.0. The molecule has 2 heterocycles. The number of para-hydroxylation sites is 1. The van der Waals surface area contributed by atoms with Crippen molar-refractivity contribution in [3.8, 4) is 11.3 Å². The van der Waals surface area contributed by atoms with Crippen molar-refractivity contribution in [2.24, 2.45) is 0 Å². The molecule has 0 radical (unpaired) electrons. The molecule has 1 unspecified atom stereocenters. The molecular weight excluding hydrogens is 292 g/mol. The molecule has 0 spiro atoms. The van der Waals surface area contributed by atoms with Crippen LogP contribution in [-0.2, 0) is 0 Å². The van der Waals surface area contributed by atoms with Gasteiger partial charge < -0.3 is 5.32 Å². The van der Waals surface area contributed by atoms with E-state index >= 15 is 0 Å². The number of nitro groups is 1. The Hall–Kier alpha value is -3.15. The van der Waals surface area contributed by atoms with Crippen LogP contribution in [0.1, 0.15) is 17.4 Å². The highest BCUT2D eigenvalue weighted by molar-refractivity contribution is 5.78. The zero-order valence-corrected chi connectivity index (χ0v) is 12.4. The summed E-state index contributed by atoms with van der Waals surface area (Å²) in [5.41, 5.74) is 4.88. The molecule has 1 aliphatic rings. The first-order chi connectivity index (χ1) is 11.1. The molecule has 0 aliphatic carbocycles. The van der Waals surface area contributed by atoms with Gasteiger partial charge in [0.2, 0.25) is 0 Å². The Morgan fingerprint density at radius 1 is 1.17 bits per heavy atom. The summed E-state index contributed by atoms with van der Waals surface area (Å²) in [6.07, 6.45) is -0.270. The zero-order valence-electron chi connectivity index (χ0n) is 12.4. The molecule has 23 heavy (non-hydrogen) atoms. The summed E-state index contributed by atoms with van der Waals surface area (Å²) in [5.74, 6) is 0. The van der Waals surface area contributed by atoms with E-state index in [2.05, 4.69) is 10.4 Å². The third-order valence-corrected chi connectivity index (χ3v) is 3.99. The Balaban J connectivity index is 1.88. The molecule has 0 saturated carbocycles. The molecule has 4 rings (SSSR count). The molecule has 0 amide bonds. The van der Waals surface area contributed by atoms with Gasteiger partial charge in [-0.25, -0.2) is 4.68 Å². The lowest BCUT2D eigenvalue weighted by Crippen LogP contribution is -2.25. The van der Waals surface area contributed by atoms with Crippen molar-refractivity contribution in [2.45, 2.75) is 13.1 Å². The van der Waals surface area contributed by atoms with Crippen LogP contribution in [0.5, 0.6) is 0 Å². The number of fused-ring (bicyclic) bond motifs is 3. The number of nitrogens with zero attached hydrogens (tertiary/aromatic N) is 3. The predicted molar refractivity (Wildman–Crippen MR) is 87.3 cm³/mol. The van der Waals surface area contributed by atoms with Crippen LogP contribution < -0.4 is 5.32 Å². The Kier molecular flexibility index (Phi) is 2.90. The van der Waals surface area contributed by atoms with Gasteiger partial charge in [-0.2, -0.15) is 5.10 Å². The van der Waals surface area contributed by atoms with Crippen molar-refractivity contribution < 1.29 is 4.92 Å². The third kappa shape index (κ3) is 2.15. The Morgan fingerprint density at radius 2 is 2.00 bits per heavy atom. The van der Waals surface area contributed by atoms with E-state index in [4.69, 9.17) is 0 Å². The molecule has 114 valence electrons. The first-order valence-corrected chi connectivity index (χ1v) is 7.30. The molecule has 6 heteroatoms. The largest absolute Gasteiger partial charge is 0.359 e. The van der Waals surface area contributed by atoms with Crippen LogP contribution in [-0.4, -0.2) is 14.7 Å². The smallest absolute Gasteiger partial charge is 0.269 e. The van der Waals surface area contributed by atoms with Crippen molar-refractivity contribution in [1.29, 1.82) is 0 Å². The molecule has 1 atom stereocenters. The monoisotopic (exact) mass is 306 g/mol. The molecule has 1 aliphatic heterocycles. The minimum Gasteiger partial charge on any atom is -0.359 e. The number of benzene rings is 2. The fourth-order valence-electron chi connectivity index (χ4n) is 2.99. The van der Waals surface area contributed by atoms with Gasteiger partial charge in [-0.15, -0.1) is 0 Å². The van der Waals surface area contributed by atoms with E-state index < -0.39 is 0 Å². The Morgan fingerprint density at radius 3 is 2.83 bits per heavy atom. The summed E-state index contributed by atoms with van der Waals surface area (Å²) in [6.45, 7) is 1.94. The van der Waals surface area contributed by atoms with Gasteiger partial charge in [0.15, 0.2) is 0 Å². The lowest BCUT2D eigenvalue weighted by Gasteiger charge is -2.29. The highest BCUT2D eigenvalue weighted by Gasteiger charge is 2.26. The molecule has 0 bridgehead atoms. The van der Waals surface area contributed by atoms with Gasteiger partial charge in [-0.1, -0.05) is 30.3 Å². The van der Waals surface area contributed by atoms with Crippen LogP contribution in [0.3, 0.4) is 0 Å². The van der Waals surface area contributed by atoms with Crippen molar-refractivity contribution in [1.82, 2.24) is 9.78 Å². The molecule has 0 fully saturated rings. The van der Waals surface area contributed by atoms with Crippen molar-refractivity contribution >= 4 is 11.4 Å². The van der Waals surface area contributed by atoms with Gasteiger partial charge in [0.25, 0.3) is 5.69 Å². The molecular formula is C17H14N4O2. The molecule has 2 aromatic carbocycles. The van der Waals surface area contributed by atoms with Gasteiger partial charge in [0.1, 0.15) is 6.17 Å². The summed E-state index contributed by atoms with van der Waals surface area (Å²) < 4.78 is 1.89. The fourth-order valence-corrected chi connectivity index (χ4v) is 2.99. The molecule has 0 saturated heterocycles. The van der Waals surface area contributed by atoms with Crippen LogP contribution in [0.2, 0.25) is 0 Å². The van der Waals surface area contributed by atoms with E-state index in [-0.39, 0.29) is 16.8 Å². The first-order valence-electron chi connectivity index (χ1n) is 7.30. The molecule has 3 aromatic rings. The van der Waals surface area contributed by atoms with Gasteiger partial charge in [0, 0.05) is 28.9 Å². The average Bonchev–Trinajstić information content (AvgIpc) is 2.96. The van der Waals surface area contributed by atoms with Crippen LogP contribution >= 0.6 is 0 Å². The number of nitrogens with one attached hydrogen (secondary N) is 1. The van der Waals surface area contributed by atoms with Gasteiger partial charge in [0.05, 0.1) is 16.3 Å². The minimum atomic E-state index is -0.379. The van der Waals surface area contributed by atoms with Crippen molar-refractivity contribution in [2.75, 3.05) is 5.32 Å². The van der Waals surface area contributed by atoms with Gasteiger partial charge in [-0.3, -0.25) is 10.1 Å². The lowest BCUT2D eigenvalue weighted by molar-refractivity contribution is -0.384. The normalized spacial score (nSPS) is 15.4. The van der Waals surface area contributed by atoms with E-state index in [0.717, 1.165) is 28.2 Å². The predicted octanol–water partition coefficient (Wildman–Crippen LogP) is 3.74. The highest BCUT2D eigenvalue weighted by atomic mass is 16.6. The zero-order chi connectivity index (χ0) is 16.0. The highest BCUT2D eigenvalue weighted by Crippen LogP contribution is 2.38. The second-order valence-corrected chi connectivity index (χ2v) is 5.56. The standard InChI is InChI=1S/C17H14N4O2/c1-11-9-16-14-7-2-3-8-15(14)18-17(20(16)19-11)12-5-4-6-13(10-12)21(22)23/h2-10,17-18H,1H3. The SMILES string of the molecule is Cc1cc2n(n1)C(c1cccc([N+](=O)[O-])c1)Nc1ccccc1-2. The number of aromatic nitrogens is 2. The second kappa shape index (κ2) is 4.95. The summed E-state index contributed by atoms with van der Waals surface area (Å²) >= 11 is 0. The second-order valence-electron chi connectivity index (χ2n) is 5.56. The van der Waals surface area contributed by atoms with E-state index in [1.807, 2.05) is 48.0 Å². The number of hydrogen-bond donors (Lipinski definition) is 1. The van der Waals surface area contributed by atoms with E-state index in [0.29, 0.717) is 0 Å². The Bertz CT molecular complexity index is 916. The number of aryl methyl sites for hydroxylation is 1. The van der Waals surface area contributed by atoms with E-state index in [1.54, 1.807) is 12.1 Å². The first kappa shape index (κ1) is 13.5. The van der Waals surface area contributed by atoms with E-state index in [9.17, 15) is 10.1 Å². The third-order valence-electron chi connectivity index (χ3n) is 3.99. The number of anilines is 1. The minimum absolute atomic E-state index is 0.0774. The number of nitro benzene ring substituents is 1. The van der Waals surface area contributed by atoms with Crippen LogP contribution in [0.25, 0.3) is 11.3 Å². The van der Waals surface area contributed by atoms with Gasteiger partial charge >= 0.3 is 0 Å². The quantitative estimate of drug-likeness (QED) is 0.578. The van der Waals surface area contributed by atoms with Crippen LogP contribution in [0.15, 0.2) is 54.6 Å². The average molecular weight is 306 g/mol. The van der Waals surface area contributed by atoms with Crippen molar-refractivity contribution in [3.05, 3.63) is 76.0 Å². The number of non-ortho nitro benzene ring substituents is 1. The Labute approximate surface area is 132 Å². The fraction of sp³-hybridized carbons (Fsp3) is 0.118. The molecule has 1 N–H and O–H groups in total.